The van der Waals surface area contributed by atoms with Gasteiger partial charge in [-0.25, -0.2) is 4.98 Å². The van der Waals surface area contributed by atoms with E-state index >= 15 is 0 Å². The molecule has 0 saturated carbocycles. The van der Waals surface area contributed by atoms with Crippen LogP contribution in [0.1, 0.15) is 41.6 Å². The first-order valence-electron chi connectivity index (χ1n) is 9.63. The SMILES string of the molecule is CCCc1nc2nc(C)nn2c(O)c1Cc1ccc(-c2ccccc2C#N)cc1.Cl. The summed E-state index contributed by atoms with van der Waals surface area (Å²) in [4.78, 5) is 8.90. The minimum absolute atomic E-state index is 0. The van der Waals surface area contributed by atoms with E-state index in [1.54, 1.807) is 6.92 Å². The van der Waals surface area contributed by atoms with Gasteiger partial charge < -0.3 is 5.11 Å². The quantitative estimate of drug-likeness (QED) is 0.509. The smallest absolute Gasteiger partial charge is 0.255 e. The fraction of sp³-hybridized carbons (Fsp3) is 0.217. The number of nitrogens with zero attached hydrogens (tertiary/aromatic N) is 5. The molecule has 0 atom stereocenters. The topological polar surface area (TPSA) is 87.1 Å². The Morgan fingerprint density at radius 1 is 1.07 bits per heavy atom. The van der Waals surface area contributed by atoms with Crippen LogP contribution < -0.4 is 0 Å². The number of aryl methyl sites for hydroxylation is 2. The van der Waals surface area contributed by atoms with E-state index in [4.69, 9.17) is 0 Å². The molecule has 0 saturated heterocycles. The molecule has 0 amide bonds. The highest BCUT2D eigenvalue weighted by atomic mass is 35.5. The molecule has 0 bridgehead atoms. The summed E-state index contributed by atoms with van der Waals surface area (Å²) < 4.78 is 1.40. The van der Waals surface area contributed by atoms with Crippen molar-refractivity contribution in [3.8, 4) is 23.1 Å². The van der Waals surface area contributed by atoms with Crippen molar-refractivity contribution in [1.82, 2.24) is 19.6 Å². The second kappa shape index (κ2) is 8.93. The Bertz CT molecular complexity index is 1230. The molecule has 0 aliphatic carbocycles. The molecule has 2 aromatic carbocycles. The molecule has 152 valence electrons. The number of rotatable bonds is 5. The highest BCUT2D eigenvalue weighted by molar-refractivity contribution is 5.85. The fourth-order valence-corrected chi connectivity index (χ4v) is 3.53. The van der Waals surface area contributed by atoms with Crippen molar-refractivity contribution in [2.24, 2.45) is 0 Å². The van der Waals surface area contributed by atoms with E-state index in [2.05, 4.69) is 28.1 Å². The first-order chi connectivity index (χ1) is 14.1. The number of aromatic nitrogens is 4. The molecule has 0 radical (unpaired) electrons. The molecule has 4 aromatic rings. The number of nitriles is 1. The van der Waals surface area contributed by atoms with Gasteiger partial charge in [-0.1, -0.05) is 55.8 Å². The van der Waals surface area contributed by atoms with Crippen LogP contribution in [0.2, 0.25) is 0 Å². The largest absolute Gasteiger partial charge is 0.493 e. The normalized spacial score (nSPS) is 10.6. The molecule has 4 rings (SSSR count). The average Bonchev–Trinajstić information content (AvgIpc) is 3.12. The third-order valence-corrected chi connectivity index (χ3v) is 4.93. The van der Waals surface area contributed by atoms with Gasteiger partial charge in [0.25, 0.3) is 5.78 Å². The summed E-state index contributed by atoms with van der Waals surface area (Å²) in [5.74, 6) is 1.10. The van der Waals surface area contributed by atoms with Crippen molar-refractivity contribution in [2.45, 2.75) is 33.1 Å². The number of hydrogen-bond acceptors (Lipinski definition) is 5. The monoisotopic (exact) mass is 419 g/mol. The molecule has 1 N–H and O–H groups in total. The van der Waals surface area contributed by atoms with Crippen LogP contribution in [0.15, 0.2) is 48.5 Å². The minimum atomic E-state index is 0. The molecule has 0 unspecified atom stereocenters. The van der Waals surface area contributed by atoms with Crippen molar-refractivity contribution in [2.75, 3.05) is 0 Å². The van der Waals surface area contributed by atoms with Crippen LogP contribution in [-0.2, 0) is 12.8 Å². The van der Waals surface area contributed by atoms with E-state index < -0.39 is 0 Å². The zero-order chi connectivity index (χ0) is 20.4. The van der Waals surface area contributed by atoms with Crippen LogP contribution >= 0.6 is 12.4 Å². The third kappa shape index (κ3) is 3.98. The van der Waals surface area contributed by atoms with Gasteiger partial charge in [0.05, 0.1) is 17.3 Å². The first kappa shape index (κ1) is 21.3. The summed E-state index contributed by atoms with van der Waals surface area (Å²) in [7, 11) is 0. The second-order valence-electron chi connectivity index (χ2n) is 7.01. The number of benzene rings is 2. The summed E-state index contributed by atoms with van der Waals surface area (Å²) in [6.45, 7) is 3.87. The van der Waals surface area contributed by atoms with Crippen LogP contribution in [0, 0.1) is 18.3 Å². The van der Waals surface area contributed by atoms with Gasteiger partial charge in [-0.3, -0.25) is 0 Å². The molecule has 30 heavy (non-hydrogen) atoms. The lowest BCUT2D eigenvalue weighted by molar-refractivity contribution is 0.426. The Morgan fingerprint density at radius 2 is 1.80 bits per heavy atom. The number of aromatic hydroxyl groups is 1. The predicted octanol–water partition coefficient (Wildman–Crippen LogP) is 4.64. The summed E-state index contributed by atoms with van der Waals surface area (Å²) in [5.41, 5.74) is 5.23. The molecule has 7 heteroatoms. The lowest BCUT2D eigenvalue weighted by atomic mass is 9.97. The Kier molecular flexibility index (Phi) is 6.34. The highest BCUT2D eigenvalue weighted by Crippen LogP contribution is 2.27. The molecule has 0 aliphatic rings. The van der Waals surface area contributed by atoms with Crippen LogP contribution in [0.5, 0.6) is 5.88 Å². The maximum Gasteiger partial charge on any atom is 0.255 e. The molecular weight excluding hydrogens is 398 g/mol. The van der Waals surface area contributed by atoms with Crippen molar-refractivity contribution < 1.29 is 5.11 Å². The Morgan fingerprint density at radius 3 is 2.50 bits per heavy atom. The maximum absolute atomic E-state index is 10.8. The van der Waals surface area contributed by atoms with Gasteiger partial charge in [0.1, 0.15) is 5.82 Å². The molecule has 2 heterocycles. The van der Waals surface area contributed by atoms with E-state index in [1.807, 2.05) is 48.5 Å². The zero-order valence-corrected chi connectivity index (χ0v) is 17.6. The lowest BCUT2D eigenvalue weighted by Crippen LogP contribution is -2.05. The fourth-order valence-electron chi connectivity index (χ4n) is 3.53. The van der Waals surface area contributed by atoms with Gasteiger partial charge in [0.15, 0.2) is 0 Å². The van der Waals surface area contributed by atoms with Crippen LogP contribution in [0.25, 0.3) is 16.9 Å². The summed E-state index contributed by atoms with van der Waals surface area (Å²) in [6.07, 6.45) is 2.23. The van der Waals surface area contributed by atoms with Gasteiger partial charge >= 0.3 is 0 Å². The summed E-state index contributed by atoms with van der Waals surface area (Å²) >= 11 is 0. The van der Waals surface area contributed by atoms with E-state index in [0.717, 1.165) is 40.8 Å². The van der Waals surface area contributed by atoms with E-state index in [1.165, 1.54) is 4.52 Å². The molecular formula is C23H22ClN5O. The van der Waals surface area contributed by atoms with Crippen molar-refractivity contribution in [3.63, 3.8) is 0 Å². The standard InChI is InChI=1S/C23H21N5O.ClH/c1-3-6-21-20(22(29)28-23(26-21)25-15(2)27-28)13-16-9-11-17(12-10-16)19-8-5-4-7-18(19)14-24;/h4-5,7-12,29H,3,6,13H2,1-2H3;1H. The van der Waals surface area contributed by atoms with Crippen molar-refractivity contribution in [1.29, 1.82) is 5.26 Å². The van der Waals surface area contributed by atoms with Crippen molar-refractivity contribution >= 4 is 18.2 Å². The number of hydrogen-bond donors (Lipinski definition) is 1. The minimum Gasteiger partial charge on any atom is -0.493 e. The van der Waals surface area contributed by atoms with Gasteiger partial charge in [-0.2, -0.15) is 14.8 Å². The average molecular weight is 420 g/mol. The van der Waals surface area contributed by atoms with E-state index in [-0.39, 0.29) is 18.3 Å². The molecule has 0 fully saturated rings. The Labute approximate surface area is 181 Å². The van der Waals surface area contributed by atoms with Gasteiger partial charge in [0.2, 0.25) is 5.88 Å². The van der Waals surface area contributed by atoms with Gasteiger partial charge in [0, 0.05) is 12.0 Å². The van der Waals surface area contributed by atoms with Crippen molar-refractivity contribution in [3.05, 3.63) is 76.7 Å². The molecule has 6 nitrogen and oxygen atoms in total. The van der Waals surface area contributed by atoms with Crippen LogP contribution in [-0.4, -0.2) is 24.7 Å². The highest BCUT2D eigenvalue weighted by Gasteiger charge is 2.17. The van der Waals surface area contributed by atoms with Gasteiger partial charge in [-0.15, -0.1) is 17.5 Å². The Balaban J connectivity index is 0.00000256. The van der Waals surface area contributed by atoms with E-state index in [9.17, 15) is 10.4 Å². The number of fused-ring (bicyclic) bond motifs is 1. The van der Waals surface area contributed by atoms with E-state index in [0.29, 0.717) is 23.6 Å². The maximum atomic E-state index is 10.8. The summed E-state index contributed by atoms with van der Waals surface area (Å²) in [6, 6.07) is 17.9. The first-order valence-corrected chi connectivity index (χ1v) is 9.63. The predicted molar refractivity (Wildman–Crippen MR) is 118 cm³/mol. The molecule has 2 aromatic heterocycles. The zero-order valence-electron chi connectivity index (χ0n) is 16.8. The Hall–Kier alpha value is -3.43. The second-order valence-corrected chi connectivity index (χ2v) is 7.01. The molecule has 0 spiro atoms. The van der Waals surface area contributed by atoms with Gasteiger partial charge in [-0.05, 0) is 36.1 Å². The third-order valence-electron chi connectivity index (χ3n) is 4.93. The lowest BCUT2D eigenvalue weighted by Gasteiger charge is -2.12. The van der Waals surface area contributed by atoms with Crippen LogP contribution in [0.4, 0.5) is 0 Å². The summed E-state index contributed by atoms with van der Waals surface area (Å²) in [5, 5.41) is 24.4. The molecule has 0 aliphatic heterocycles. The number of halogens is 1. The van der Waals surface area contributed by atoms with Crippen LogP contribution in [0.3, 0.4) is 0 Å².